The zero-order chi connectivity index (χ0) is 22.7. The van der Waals surface area contributed by atoms with E-state index in [9.17, 15) is 9.59 Å². The topological polar surface area (TPSA) is 88.3 Å². The van der Waals surface area contributed by atoms with Gasteiger partial charge in [0.25, 0.3) is 5.91 Å². The summed E-state index contributed by atoms with van der Waals surface area (Å²) in [5.74, 6) is 1.01. The van der Waals surface area contributed by atoms with Crippen LogP contribution < -0.4 is 5.32 Å². The Hall–Kier alpha value is -3.48. The van der Waals surface area contributed by atoms with E-state index in [1.165, 1.54) is 5.56 Å². The van der Waals surface area contributed by atoms with Crippen molar-refractivity contribution in [2.24, 2.45) is 0 Å². The van der Waals surface area contributed by atoms with Crippen LogP contribution >= 0.6 is 0 Å². The number of rotatable bonds is 5. The molecule has 166 valence electrons. The third kappa shape index (κ3) is 4.72. The second-order valence-corrected chi connectivity index (χ2v) is 8.33. The van der Waals surface area contributed by atoms with Gasteiger partial charge in [-0.2, -0.15) is 4.98 Å². The number of piperidine rings is 1. The van der Waals surface area contributed by atoms with Crippen molar-refractivity contribution < 1.29 is 14.1 Å². The molecule has 4 rings (SSSR count). The lowest BCUT2D eigenvalue weighted by Crippen LogP contribution is -2.39. The Morgan fingerprint density at radius 3 is 2.78 bits per heavy atom. The highest BCUT2D eigenvalue weighted by Crippen LogP contribution is 2.29. The maximum Gasteiger partial charge on any atom is 0.253 e. The average Bonchev–Trinajstić information content (AvgIpc) is 3.31. The third-order valence-electron chi connectivity index (χ3n) is 5.98. The highest BCUT2D eigenvalue weighted by atomic mass is 16.5. The van der Waals surface area contributed by atoms with Crippen molar-refractivity contribution in [3.05, 3.63) is 65.0 Å². The Kier molecular flexibility index (Phi) is 6.35. The van der Waals surface area contributed by atoms with Crippen LogP contribution in [-0.4, -0.2) is 39.9 Å². The molecule has 0 aliphatic carbocycles. The van der Waals surface area contributed by atoms with E-state index >= 15 is 0 Å². The number of benzene rings is 2. The molecule has 1 saturated heterocycles. The zero-order valence-electron chi connectivity index (χ0n) is 18.7. The minimum atomic E-state index is -0.0494. The molecule has 32 heavy (non-hydrogen) atoms. The van der Waals surface area contributed by atoms with Gasteiger partial charge in [0.1, 0.15) is 0 Å². The number of hydrogen-bond acceptors (Lipinski definition) is 5. The van der Waals surface area contributed by atoms with Crippen LogP contribution in [0.4, 0.5) is 5.69 Å². The molecule has 1 aliphatic heterocycles. The van der Waals surface area contributed by atoms with E-state index in [1.807, 2.05) is 68.1 Å². The van der Waals surface area contributed by atoms with Crippen molar-refractivity contribution in [2.75, 3.05) is 18.4 Å². The number of carbonyl (C=O) groups is 2. The number of nitrogens with one attached hydrogen (secondary N) is 1. The molecular formula is C25H28N4O3. The Balaban J connectivity index is 1.48. The predicted octanol–water partition coefficient (Wildman–Crippen LogP) is 4.72. The maximum absolute atomic E-state index is 13.0. The summed E-state index contributed by atoms with van der Waals surface area (Å²) in [6.45, 7) is 7.15. The summed E-state index contributed by atoms with van der Waals surface area (Å²) in [6.07, 6.45) is 2.19. The summed E-state index contributed by atoms with van der Waals surface area (Å²) in [5.41, 5.74) is 4.47. The molecule has 0 radical (unpaired) electrons. The fourth-order valence-electron chi connectivity index (χ4n) is 3.92. The van der Waals surface area contributed by atoms with Gasteiger partial charge in [-0.05, 0) is 62.1 Å². The number of likely N-dealkylation sites (tertiary alicyclic amines) is 1. The normalized spacial score (nSPS) is 16.1. The van der Waals surface area contributed by atoms with Gasteiger partial charge in [-0.25, -0.2) is 0 Å². The lowest BCUT2D eigenvalue weighted by atomic mass is 9.96. The summed E-state index contributed by atoms with van der Waals surface area (Å²) < 4.78 is 5.58. The largest absolute Gasteiger partial charge is 0.339 e. The first-order valence-corrected chi connectivity index (χ1v) is 11.0. The van der Waals surface area contributed by atoms with Gasteiger partial charge in [0.2, 0.25) is 17.6 Å². The van der Waals surface area contributed by atoms with E-state index in [1.54, 1.807) is 0 Å². The monoisotopic (exact) mass is 432 g/mol. The summed E-state index contributed by atoms with van der Waals surface area (Å²) >= 11 is 0. The van der Waals surface area contributed by atoms with E-state index in [4.69, 9.17) is 4.52 Å². The highest BCUT2D eigenvalue weighted by Gasteiger charge is 2.29. The quantitative estimate of drug-likeness (QED) is 0.630. The predicted molar refractivity (Wildman–Crippen MR) is 122 cm³/mol. The molecule has 0 saturated carbocycles. The van der Waals surface area contributed by atoms with Crippen LogP contribution in [0.25, 0.3) is 11.4 Å². The van der Waals surface area contributed by atoms with Crippen molar-refractivity contribution in [1.82, 2.24) is 15.0 Å². The second kappa shape index (κ2) is 9.34. The summed E-state index contributed by atoms with van der Waals surface area (Å²) in [5, 5.41) is 6.99. The molecule has 1 atom stereocenters. The summed E-state index contributed by atoms with van der Waals surface area (Å²) in [7, 11) is 0. The number of aromatic nitrogens is 2. The van der Waals surface area contributed by atoms with E-state index in [0.717, 1.165) is 30.5 Å². The number of nitrogens with zero attached hydrogens (tertiary/aromatic N) is 3. The summed E-state index contributed by atoms with van der Waals surface area (Å²) in [6, 6.07) is 13.2. The third-order valence-corrected chi connectivity index (χ3v) is 5.98. The van der Waals surface area contributed by atoms with Crippen molar-refractivity contribution in [3.63, 3.8) is 0 Å². The molecular weight excluding hydrogens is 404 g/mol. The number of anilines is 1. The van der Waals surface area contributed by atoms with Gasteiger partial charge in [-0.1, -0.05) is 30.3 Å². The molecule has 1 N–H and O–H groups in total. The van der Waals surface area contributed by atoms with Gasteiger partial charge in [0.05, 0.1) is 5.92 Å². The molecule has 2 aromatic carbocycles. The molecule has 1 fully saturated rings. The molecule has 0 bridgehead atoms. The zero-order valence-corrected chi connectivity index (χ0v) is 18.7. The molecule has 1 aromatic heterocycles. The molecule has 0 unspecified atom stereocenters. The number of aryl methyl sites for hydroxylation is 2. The maximum atomic E-state index is 13.0. The first-order valence-electron chi connectivity index (χ1n) is 11.0. The number of hydrogen-bond donors (Lipinski definition) is 1. The molecule has 2 amide bonds. The van der Waals surface area contributed by atoms with Crippen molar-refractivity contribution in [2.45, 2.75) is 46.0 Å². The van der Waals surface area contributed by atoms with Crippen LogP contribution in [-0.2, 0) is 4.79 Å². The van der Waals surface area contributed by atoms with E-state index in [0.29, 0.717) is 35.9 Å². The lowest BCUT2D eigenvalue weighted by molar-refractivity contribution is -0.115. The van der Waals surface area contributed by atoms with Gasteiger partial charge < -0.3 is 14.7 Å². The van der Waals surface area contributed by atoms with Gasteiger partial charge >= 0.3 is 0 Å². The molecule has 2 heterocycles. The fraction of sp³-hybridized carbons (Fsp3) is 0.360. The SMILES string of the molecule is CCC(=O)Nc1cccc(-c2noc([C@H]3CCCN(C(=O)c4ccc(C)c(C)c4)C3)n2)c1. The minimum absolute atomic E-state index is 0.00321. The number of amides is 2. The Bertz CT molecular complexity index is 1140. The first-order chi connectivity index (χ1) is 15.4. The van der Waals surface area contributed by atoms with Crippen molar-refractivity contribution >= 4 is 17.5 Å². The van der Waals surface area contributed by atoms with Crippen LogP contribution in [0.15, 0.2) is 47.0 Å². The number of carbonyl (C=O) groups excluding carboxylic acids is 2. The molecule has 3 aromatic rings. The standard InChI is InChI=1S/C25H28N4O3/c1-4-22(30)26-21-9-5-7-18(14-21)23-27-24(32-28-23)20-8-6-12-29(15-20)25(31)19-11-10-16(2)17(3)13-19/h5,7,9-11,13-14,20H,4,6,8,12,15H2,1-3H3,(H,26,30)/t20-/m0/s1. The van der Waals surface area contributed by atoms with Crippen molar-refractivity contribution in [1.29, 1.82) is 0 Å². The molecule has 1 aliphatic rings. The van der Waals surface area contributed by atoms with E-state index in [2.05, 4.69) is 15.5 Å². The van der Waals surface area contributed by atoms with Crippen LogP contribution in [0.3, 0.4) is 0 Å². The van der Waals surface area contributed by atoms with Gasteiger partial charge in [0.15, 0.2) is 0 Å². The van der Waals surface area contributed by atoms with Gasteiger partial charge in [-0.3, -0.25) is 9.59 Å². The molecule has 0 spiro atoms. The first kappa shape index (κ1) is 21.7. The Labute approximate surface area is 187 Å². The Morgan fingerprint density at radius 2 is 2.00 bits per heavy atom. The van der Waals surface area contributed by atoms with Crippen LogP contribution in [0, 0.1) is 13.8 Å². The van der Waals surface area contributed by atoms with Crippen LogP contribution in [0.5, 0.6) is 0 Å². The second-order valence-electron chi connectivity index (χ2n) is 8.33. The van der Waals surface area contributed by atoms with Crippen molar-refractivity contribution in [3.8, 4) is 11.4 Å². The lowest BCUT2D eigenvalue weighted by Gasteiger charge is -2.31. The molecule has 7 heteroatoms. The van der Waals surface area contributed by atoms with Gasteiger partial charge in [0, 0.05) is 36.3 Å². The summed E-state index contributed by atoms with van der Waals surface area (Å²) in [4.78, 5) is 31.2. The smallest absolute Gasteiger partial charge is 0.253 e. The van der Waals surface area contributed by atoms with E-state index < -0.39 is 0 Å². The van der Waals surface area contributed by atoms with Crippen LogP contribution in [0.1, 0.15) is 59.5 Å². The fourth-order valence-corrected chi connectivity index (χ4v) is 3.92. The highest BCUT2D eigenvalue weighted by molar-refractivity contribution is 5.94. The molecule has 7 nitrogen and oxygen atoms in total. The van der Waals surface area contributed by atoms with Crippen LogP contribution in [0.2, 0.25) is 0 Å². The Morgan fingerprint density at radius 1 is 1.16 bits per heavy atom. The van der Waals surface area contributed by atoms with E-state index in [-0.39, 0.29) is 17.7 Å². The average molecular weight is 433 g/mol. The minimum Gasteiger partial charge on any atom is -0.339 e. The van der Waals surface area contributed by atoms with Gasteiger partial charge in [-0.15, -0.1) is 0 Å².